The van der Waals surface area contributed by atoms with Crippen LogP contribution in [0.15, 0.2) is 42.5 Å². The van der Waals surface area contributed by atoms with Gasteiger partial charge in [-0.15, -0.1) is 0 Å². The van der Waals surface area contributed by atoms with Crippen LogP contribution in [0.2, 0.25) is 0 Å². The molecule has 6 nitrogen and oxygen atoms in total. The number of amides is 2. The molecule has 5 rings (SSSR count). The lowest BCUT2D eigenvalue weighted by molar-refractivity contribution is -0.121. The Kier molecular flexibility index (Phi) is 4.60. The molecule has 3 N–H and O–H groups in total. The Balaban J connectivity index is 1.34. The van der Waals surface area contributed by atoms with Gasteiger partial charge in [0.25, 0.3) is 0 Å². The molecular formula is C25H26N4O2. The number of anilines is 1. The molecule has 2 amide bonds. The van der Waals surface area contributed by atoms with Gasteiger partial charge in [0, 0.05) is 18.3 Å². The second-order valence-electron chi connectivity index (χ2n) is 9.24. The second-order valence-corrected chi connectivity index (χ2v) is 9.24. The van der Waals surface area contributed by atoms with E-state index in [4.69, 9.17) is 5.73 Å². The standard InChI is InChI=1S/C25H26N4O2/c1-29-21-11-17(6-7-18(21)12-22(29)30)16-4-2-15(3-5-16)10-20(14-26)25-9-8-19(13-25)23(28-25)24(27)31/h2-7,11,19-20,23,28H,8-10,12-13H2,1H3,(H2,27,31)/t19?,20-,23?,25?/m1/s1. The average molecular weight is 415 g/mol. The number of likely N-dealkylation sites (N-methyl/N-ethyl adjacent to an activating group) is 1. The number of nitrogens with two attached hydrogens (primary N) is 1. The minimum Gasteiger partial charge on any atom is -0.368 e. The number of hydrogen-bond donors (Lipinski definition) is 2. The molecule has 6 heteroatoms. The number of fused-ring (bicyclic) bond motifs is 3. The number of rotatable bonds is 5. The summed E-state index contributed by atoms with van der Waals surface area (Å²) in [6.07, 6.45) is 3.82. The van der Waals surface area contributed by atoms with Crippen molar-refractivity contribution in [3.05, 3.63) is 53.6 Å². The maximum Gasteiger partial charge on any atom is 0.234 e. The number of nitriles is 1. The Hall–Kier alpha value is -3.17. The molecule has 0 spiro atoms. The third-order valence-corrected chi connectivity index (χ3v) is 7.52. The number of primary amides is 1. The summed E-state index contributed by atoms with van der Waals surface area (Å²) in [5, 5.41) is 13.3. The van der Waals surface area contributed by atoms with Crippen molar-refractivity contribution < 1.29 is 9.59 Å². The molecule has 1 saturated heterocycles. The van der Waals surface area contributed by atoms with Crippen LogP contribution >= 0.6 is 0 Å². The molecule has 1 saturated carbocycles. The van der Waals surface area contributed by atoms with Crippen LogP contribution in [0.3, 0.4) is 0 Å². The van der Waals surface area contributed by atoms with Gasteiger partial charge in [0.15, 0.2) is 0 Å². The summed E-state index contributed by atoms with van der Waals surface area (Å²) < 4.78 is 0. The van der Waals surface area contributed by atoms with Gasteiger partial charge in [-0.1, -0.05) is 36.4 Å². The molecule has 2 fully saturated rings. The largest absolute Gasteiger partial charge is 0.368 e. The Morgan fingerprint density at radius 1 is 1.29 bits per heavy atom. The van der Waals surface area contributed by atoms with Crippen molar-refractivity contribution in [1.29, 1.82) is 5.26 Å². The summed E-state index contributed by atoms with van der Waals surface area (Å²) in [5.41, 5.74) is 10.5. The molecular weight excluding hydrogens is 388 g/mol. The molecule has 0 aromatic heterocycles. The number of benzene rings is 2. The average Bonchev–Trinajstić information content (AvgIpc) is 3.45. The molecule has 1 aliphatic carbocycles. The van der Waals surface area contributed by atoms with Gasteiger partial charge in [0.05, 0.1) is 24.4 Å². The van der Waals surface area contributed by atoms with E-state index in [2.05, 4.69) is 47.8 Å². The molecule has 4 atom stereocenters. The van der Waals surface area contributed by atoms with E-state index in [1.807, 2.05) is 13.1 Å². The molecule has 2 heterocycles. The zero-order valence-corrected chi connectivity index (χ0v) is 17.6. The summed E-state index contributed by atoms with van der Waals surface area (Å²) in [6.45, 7) is 0. The predicted molar refractivity (Wildman–Crippen MR) is 118 cm³/mol. The highest BCUT2D eigenvalue weighted by atomic mass is 16.2. The van der Waals surface area contributed by atoms with Crippen LogP contribution in [0.25, 0.3) is 11.1 Å². The maximum atomic E-state index is 11.9. The summed E-state index contributed by atoms with van der Waals surface area (Å²) in [6, 6.07) is 16.6. The number of nitrogens with one attached hydrogen (secondary N) is 1. The van der Waals surface area contributed by atoms with Crippen LogP contribution in [0.1, 0.15) is 30.4 Å². The van der Waals surface area contributed by atoms with Crippen LogP contribution < -0.4 is 16.0 Å². The Morgan fingerprint density at radius 2 is 2.03 bits per heavy atom. The van der Waals surface area contributed by atoms with Crippen molar-refractivity contribution in [3.8, 4) is 17.2 Å². The topological polar surface area (TPSA) is 99.2 Å². The van der Waals surface area contributed by atoms with Crippen molar-refractivity contribution >= 4 is 17.5 Å². The van der Waals surface area contributed by atoms with Gasteiger partial charge in [-0.25, -0.2) is 0 Å². The van der Waals surface area contributed by atoms with Crippen LogP contribution in [0, 0.1) is 23.2 Å². The second kappa shape index (κ2) is 7.21. The highest BCUT2D eigenvalue weighted by Crippen LogP contribution is 2.48. The summed E-state index contributed by atoms with van der Waals surface area (Å²) in [5.74, 6) is -0.139. The fourth-order valence-electron chi connectivity index (χ4n) is 5.73. The summed E-state index contributed by atoms with van der Waals surface area (Å²) in [4.78, 5) is 25.4. The quantitative estimate of drug-likeness (QED) is 0.785. The molecule has 2 aliphatic heterocycles. The first-order valence-electron chi connectivity index (χ1n) is 10.9. The molecule has 31 heavy (non-hydrogen) atoms. The first-order valence-corrected chi connectivity index (χ1v) is 10.9. The molecule has 2 aromatic rings. The lowest BCUT2D eigenvalue weighted by atomic mass is 9.80. The van der Waals surface area contributed by atoms with E-state index in [9.17, 15) is 14.9 Å². The summed E-state index contributed by atoms with van der Waals surface area (Å²) in [7, 11) is 1.82. The van der Waals surface area contributed by atoms with E-state index in [-0.39, 0.29) is 35.2 Å². The Labute approximate surface area is 182 Å². The van der Waals surface area contributed by atoms with E-state index in [1.54, 1.807) is 4.90 Å². The van der Waals surface area contributed by atoms with Crippen LogP contribution in [-0.4, -0.2) is 30.4 Å². The van der Waals surface area contributed by atoms with Crippen molar-refractivity contribution in [1.82, 2.24) is 5.32 Å². The number of carbonyl (C=O) groups is 2. The smallest absolute Gasteiger partial charge is 0.234 e. The number of nitrogens with zero attached hydrogens (tertiary/aromatic N) is 2. The van der Waals surface area contributed by atoms with Gasteiger partial charge in [0.2, 0.25) is 11.8 Å². The SMILES string of the molecule is CN1C(=O)Cc2ccc(-c3ccc(C[C@H](C#N)C45CCC(C4)C(C(N)=O)N5)cc3)cc21. The summed E-state index contributed by atoms with van der Waals surface area (Å²) >= 11 is 0. The van der Waals surface area contributed by atoms with Gasteiger partial charge in [-0.05, 0) is 59.9 Å². The van der Waals surface area contributed by atoms with Crippen LogP contribution in [0.4, 0.5) is 5.69 Å². The van der Waals surface area contributed by atoms with Gasteiger partial charge in [0.1, 0.15) is 0 Å². The lowest BCUT2D eigenvalue weighted by Gasteiger charge is -2.34. The van der Waals surface area contributed by atoms with Gasteiger partial charge in [-0.3, -0.25) is 14.9 Å². The normalized spacial score (nSPS) is 27.2. The predicted octanol–water partition coefficient (Wildman–Crippen LogP) is 2.55. The fourth-order valence-corrected chi connectivity index (χ4v) is 5.73. The van der Waals surface area contributed by atoms with E-state index in [0.717, 1.165) is 47.2 Å². The van der Waals surface area contributed by atoms with Crippen molar-refractivity contribution in [2.24, 2.45) is 17.6 Å². The molecule has 0 radical (unpaired) electrons. The Bertz CT molecular complexity index is 1100. The van der Waals surface area contributed by atoms with Gasteiger partial charge in [-0.2, -0.15) is 5.26 Å². The van der Waals surface area contributed by atoms with E-state index < -0.39 is 0 Å². The third-order valence-electron chi connectivity index (χ3n) is 7.52. The highest BCUT2D eigenvalue weighted by molar-refractivity contribution is 6.01. The number of carbonyl (C=O) groups excluding carboxylic acids is 2. The zero-order chi connectivity index (χ0) is 21.8. The number of hydrogen-bond acceptors (Lipinski definition) is 4. The van der Waals surface area contributed by atoms with E-state index in [1.165, 1.54) is 0 Å². The van der Waals surface area contributed by atoms with Crippen molar-refractivity contribution in [2.45, 2.75) is 43.7 Å². The van der Waals surface area contributed by atoms with Crippen LogP contribution in [-0.2, 0) is 22.4 Å². The third kappa shape index (κ3) is 3.21. The first-order chi connectivity index (χ1) is 14.9. The minimum absolute atomic E-state index is 0.123. The zero-order valence-electron chi connectivity index (χ0n) is 17.6. The first kappa shape index (κ1) is 19.8. The van der Waals surface area contributed by atoms with Crippen molar-refractivity contribution in [2.75, 3.05) is 11.9 Å². The van der Waals surface area contributed by atoms with Crippen LogP contribution in [0.5, 0.6) is 0 Å². The Morgan fingerprint density at radius 3 is 2.71 bits per heavy atom. The minimum atomic E-state index is -0.311. The molecule has 3 aliphatic rings. The highest BCUT2D eigenvalue weighted by Gasteiger charge is 2.55. The van der Waals surface area contributed by atoms with Gasteiger partial charge >= 0.3 is 0 Å². The molecule has 3 unspecified atom stereocenters. The van der Waals surface area contributed by atoms with E-state index in [0.29, 0.717) is 12.8 Å². The number of piperidine rings is 1. The fraction of sp³-hybridized carbons (Fsp3) is 0.400. The van der Waals surface area contributed by atoms with E-state index >= 15 is 0 Å². The molecule has 2 aromatic carbocycles. The monoisotopic (exact) mass is 414 g/mol. The molecule has 2 bridgehead atoms. The maximum absolute atomic E-state index is 11.9. The molecule has 158 valence electrons. The van der Waals surface area contributed by atoms with Crippen molar-refractivity contribution in [3.63, 3.8) is 0 Å². The lowest BCUT2D eigenvalue weighted by Crippen LogP contribution is -2.54. The van der Waals surface area contributed by atoms with Gasteiger partial charge < -0.3 is 10.6 Å².